The molecule has 0 saturated carbocycles. The van der Waals surface area contributed by atoms with Crippen molar-refractivity contribution in [2.45, 2.75) is 6.92 Å². The maximum absolute atomic E-state index is 12.2. The lowest BCUT2D eigenvalue weighted by atomic mass is 10.1. The topological polar surface area (TPSA) is 90.5 Å². The fourth-order valence-corrected chi connectivity index (χ4v) is 2.18. The second-order valence-corrected chi connectivity index (χ2v) is 6.01. The fraction of sp³-hybridized carbons (Fsp3) is 0.222. The molecule has 0 spiro atoms. The van der Waals surface area contributed by atoms with Crippen LogP contribution < -0.4 is 16.2 Å². The molecule has 25 heavy (non-hydrogen) atoms. The molecule has 132 valence electrons. The van der Waals surface area contributed by atoms with E-state index in [1.807, 2.05) is 19.1 Å². The highest BCUT2D eigenvalue weighted by atomic mass is 35.5. The number of halogens is 1. The van der Waals surface area contributed by atoms with E-state index in [1.54, 1.807) is 36.4 Å². The summed E-state index contributed by atoms with van der Waals surface area (Å²) in [6.45, 7) is 1.67. The molecule has 2 rings (SSSR count). The molecule has 0 aromatic heterocycles. The summed E-state index contributed by atoms with van der Waals surface area (Å²) < 4.78 is 0. The van der Waals surface area contributed by atoms with Gasteiger partial charge in [0.2, 0.25) is 5.91 Å². The molecular weight excluding hydrogens is 342 g/mol. The number of hydrogen-bond donors (Lipinski definition) is 4. The van der Waals surface area contributed by atoms with Crippen molar-refractivity contribution >= 4 is 29.1 Å². The minimum absolute atomic E-state index is 0.0908. The van der Waals surface area contributed by atoms with Crippen LogP contribution in [0, 0.1) is 12.8 Å². The summed E-state index contributed by atoms with van der Waals surface area (Å²) in [4.78, 5) is 24.1. The highest BCUT2D eigenvalue weighted by Crippen LogP contribution is 2.14. The van der Waals surface area contributed by atoms with E-state index in [2.05, 4.69) is 16.2 Å². The van der Waals surface area contributed by atoms with Crippen LogP contribution in [-0.4, -0.2) is 30.1 Å². The normalized spacial score (nSPS) is 11.6. The number of benzene rings is 2. The predicted octanol–water partition coefficient (Wildman–Crippen LogP) is 2.13. The predicted molar refractivity (Wildman–Crippen MR) is 97.3 cm³/mol. The number of carbonyl (C=O) groups is 2. The van der Waals surface area contributed by atoms with Crippen molar-refractivity contribution in [2.75, 3.05) is 18.5 Å². The number of hydrazine groups is 1. The summed E-state index contributed by atoms with van der Waals surface area (Å²) in [5.41, 5.74) is 7.34. The van der Waals surface area contributed by atoms with Crippen LogP contribution in [0.15, 0.2) is 48.5 Å². The molecule has 0 saturated heterocycles. The molecule has 2 amide bonds. The molecule has 1 unspecified atom stereocenters. The van der Waals surface area contributed by atoms with Crippen molar-refractivity contribution in [3.63, 3.8) is 0 Å². The van der Waals surface area contributed by atoms with Gasteiger partial charge in [0, 0.05) is 22.8 Å². The molecule has 0 aliphatic heterocycles. The zero-order valence-corrected chi connectivity index (χ0v) is 14.5. The lowest BCUT2D eigenvalue weighted by molar-refractivity contribution is -0.120. The lowest BCUT2D eigenvalue weighted by Crippen LogP contribution is -2.44. The number of rotatable bonds is 7. The fourth-order valence-electron chi connectivity index (χ4n) is 2.05. The van der Waals surface area contributed by atoms with Crippen molar-refractivity contribution in [3.8, 4) is 0 Å². The van der Waals surface area contributed by atoms with Crippen LogP contribution in [0.25, 0.3) is 0 Å². The zero-order chi connectivity index (χ0) is 18.2. The Labute approximate surface area is 151 Å². The summed E-state index contributed by atoms with van der Waals surface area (Å²) in [5.74, 6) is -1.38. The van der Waals surface area contributed by atoms with Gasteiger partial charge >= 0.3 is 0 Å². The third kappa shape index (κ3) is 5.86. The smallest absolute Gasteiger partial charge is 0.265 e. The lowest BCUT2D eigenvalue weighted by Gasteiger charge is -2.16. The second kappa shape index (κ2) is 9.17. The van der Waals surface area contributed by atoms with Crippen molar-refractivity contribution in [3.05, 3.63) is 64.7 Å². The van der Waals surface area contributed by atoms with Crippen LogP contribution in [0.1, 0.15) is 15.9 Å². The van der Waals surface area contributed by atoms with Crippen molar-refractivity contribution < 1.29 is 14.7 Å². The standard InChI is InChI=1S/C18H20ClN3O3/c1-12-2-4-13(5-3-12)18(25)22-20-10-14(11-23)17(24)21-16-8-6-15(19)7-9-16/h2-9,14,20,23H,10-11H2,1H3,(H,21,24)(H,22,25). The molecule has 7 heteroatoms. The highest BCUT2D eigenvalue weighted by Gasteiger charge is 2.18. The van der Waals surface area contributed by atoms with Crippen LogP contribution in [0.4, 0.5) is 5.69 Å². The SMILES string of the molecule is Cc1ccc(C(=O)NNCC(CO)C(=O)Nc2ccc(Cl)cc2)cc1. The summed E-state index contributed by atoms with van der Waals surface area (Å²) >= 11 is 5.79. The summed E-state index contributed by atoms with van der Waals surface area (Å²) in [6.07, 6.45) is 0. The van der Waals surface area contributed by atoms with Crippen molar-refractivity contribution in [1.29, 1.82) is 0 Å². The maximum Gasteiger partial charge on any atom is 0.265 e. The number of aryl methyl sites for hydroxylation is 1. The Morgan fingerprint density at radius 2 is 1.72 bits per heavy atom. The second-order valence-electron chi connectivity index (χ2n) is 5.58. The molecule has 2 aromatic carbocycles. The quantitative estimate of drug-likeness (QED) is 0.569. The first kappa shape index (κ1) is 18.9. The van der Waals surface area contributed by atoms with Gasteiger partial charge in [0.05, 0.1) is 12.5 Å². The van der Waals surface area contributed by atoms with Crippen LogP contribution in [0.5, 0.6) is 0 Å². The van der Waals surface area contributed by atoms with E-state index in [0.29, 0.717) is 16.3 Å². The number of aliphatic hydroxyl groups excluding tert-OH is 1. The number of hydrogen-bond acceptors (Lipinski definition) is 4. The first-order valence-corrected chi connectivity index (χ1v) is 8.14. The maximum atomic E-state index is 12.2. The van der Waals surface area contributed by atoms with E-state index < -0.39 is 5.92 Å². The molecular formula is C18H20ClN3O3. The Bertz CT molecular complexity index is 717. The van der Waals surface area contributed by atoms with Gasteiger partial charge in [0.25, 0.3) is 5.91 Å². The van der Waals surface area contributed by atoms with Crippen LogP contribution in [-0.2, 0) is 4.79 Å². The first-order valence-electron chi connectivity index (χ1n) is 7.76. The van der Waals surface area contributed by atoms with E-state index in [1.165, 1.54) is 0 Å². The Kier molecular flexibility index (Phi) is 6.94. The Balaban J connectivity index is 1.82. The van der Waals surface area contributed by atoms with Gasteiger partial charge in [-0.25, -0.2) is 5.43 Å². The van der Waals surface area contributed by atoms with Gasteiger partial charge < -0.3 is 10.4 Å². The van der Waals surface area contributed by atoms with Gasteiger partial charge in [0.15, 0.2) is 0 Å². The summed E-state index contributed by atoms with van der Waals surface area (Å²) in [5, 5.41) is 12.6. The van der Waals surface area contributed by atoms with Gasteiger partial charge in [-0.05, 0) is 43.3 Å². The number of aliphatic hydroxyl groups is 1. The minimum Gasteiger partial charge on any atom is -0.395 e. The molecule has 0 aliphatic carbocycles. The minimum atomic E-state index is -0.714. The average molecular weight is 362 g/mol. The van der Waals surface area contributed by atoms with Gasteiger partial charge in [-0.2, -0.15) is 0 Å². The summed E-state index contributed by atoms with van der Waals surface area (Å²) in [6, 6.07) is 13.8. The molecule has 2 aromatic rings. The number of nitrogens with one attached hydrogen (secondary N) is 3. The number of carbonyl (C=O) groups excluding carboxylic acids is 2. The van der Waals surface area contributed by atoms with E-state index in [0.717, 1.165) is 5.56 Å². The Hall–Kier alpha value is -2.41. The van der Waals surface area contributed by atoms with Gasteiger partial charge in [-0.15, -0.1) is 0 Å². The third-order valence-corrected chi connectivity index (χ3v) is 3.82. The molecule has 0 heterocycles. The molecule has 6 nitrogen and oxygen atoms in total. The summed E-state index contributed by atoms with van der Waals surface area (Å²) in [7, 11) is 0. The number of amides is 2. The van der Waals surface area contributed by atoms with E-state index in [-0.39, 0.29) is 25.0 Å². The average Bonchev–Trinajstić information content (AvgIpc) is 2.61. The van der Waals surface area contributed by atoms with Gasteiger partial charge in [0.1, 0.15) is 0 Å². The zero-order valence-electron chi connectivity index (χ0n) is 13.8. The Morgan fingerprint density at radius 1 is 1.08 bits per heavy atom. The van der Waals surface area contributed by atoms with Crippen molar-refractivity contribution in [1.82, 2.24) is 10.9 Å². The first-order chi connectivity index (χ1) is 12.0. The monoisotopic (exact) mass is 361 g/mol. The molecule has 4 N–H and O–H groups in total. The number of anilines is 1. The molecule has 0 radical (unpaired) electrons. The van der Waals surface area contributed by atoms with E-state index in [4.69, 9.17) is 11.6 Å². The van der Waals surface area contributed by atoms with Gasteiger partial charge in [-0.3, -0.25) is 15.0 Å². The van der Waals surface area contributed by atoms with E-state index in [9.17, 15) is 14.7 Å². The highest BCUT2D eigenvalue weighted by molar-refractivity contribution is 6.30. The van der Waals surface area contributed by atoms with Gasteiger partial charge in [-0.1, -0.05) is 29.3 Å². The van der Waals surface area contributed by atoms with Crippen LogP contribution >= 0.6 is 11.6 Å². The molecule has 0 fully saturated rings. The van der Waals surface area contributed by atoms with Crippen molar-refractivity contribution in [2.24, 2.45) is 5.92 Å². The molecule has 0 aliphatic rings. The molecule has 0 bridgehead atoms. The molecule has 1 atom stereocenters. The van der Waals surface area contributed by atoms with Crippen LogP contribution in [0.2, 0.25) is 5.02 Å². The Morgan fingerprint density at radius 3 is 2.32 bits per heavy atom. The largest absolute Gasteiger partial charge is 0.395 e. The third-order valence-electron chi connectivity index (χ3n) is 3.57. The van der Waals surface area contributed by atoms with Crippen LogP contribution in [0.3, 0.4) is 0 Å². The van der Waals surface area contributed by atoms with E-state index >= 15 is 0 Å².